The van der Waals surface area contributed by atoms with Crippen LogP contribution in [0.25, 0.3) is 11.3 Å². The fourth-order valence-corrected chi connectivity index (χ4v) is 2.35. The van der Waals surface area contributed by atoms with Gasteiger partial charge in [0.05, 0.1) is 12.2 Å². The first-order valence-electron chi connectivity index (χ1n) is 4.91. The van der Waals surface area contributed by atoms with Crippen molar-refractivity contribution in [2.24, 2.45) is 12.8 Å². The summed E-state index contributed by atoms with van der Waals surface area (Å²) in [7, 11) is 1.73. The summed E-state index contributed by atoms with van der Waals surface area (Å²) in [5, 5.41) is 0. The van der Waals surface area contributed by atoms with Gasteiger partial charge in [-0.15, -0.1) is 0 Å². The highest BCUT2D eigenvalue weighted by molar-refractivity contribution is 9.10. The molecule has 0 saturated carbocycles. The second-order valence-electron chi connectivity index (χ2n) is 3.55. The molecule has 0 unspecified atom stereocenters. The van der Waals surface area contributed by atoms with Crippen LogP contribution >= 0.6 is 15.9 Å². The van der Waals surface area contributed by atoms with Crippen LogP contribution in [0.1, 0.15) is 5.82 Å². The fraction of sp³-hybridized carbons (Fsp3) is 0.182. The normalized spacial score (nSPS) is 10.9. The number of nitrogens with zero attached hydrogens (tertiary/aromatic N) is 2. The van der Waals surface area contributed by atoms with Gasteiger partial charge < -0.3 is 10.3 Å². The third-order valence-corrected chi connectivity index (χ3v) is 3.07. The molecule has 0 radical (unpaired) electrons. The van der Waals surface area contributed by atoms with Gasteiger partial charge in [0.15, 0.2) is 0 Å². The molecular weight excluding hydrogens is 292 g/mol. The predicted octanol–water partition coefficient (Wildman–Crippen LogP) is 2.59. The summed E-state index contributed by atoms with van der Waals surface area (Å²) in [6.45, 7) is 0.248. The quantitative estimate of drug-likeness (QED) is 0.926. The summed E-state index contributed by atoms with van der Waals surface area (Å²) in [5.41, 5.74) is 6.34. The van der Waals surface area contributed by atoms with Crippen LogP contribution in [0.5, 0.6) is 0 Å². The van der Waals surface area contributed by atoms with Crippen molar-refractivity contribution in [3.05, 3.63) is 40.3 Å². The van der Waals surface area contributed by atoms with Crippen LogP contribution in [0, 0.1) is 11.6 Å². The Labute approximate surface area is 105 Å². The van der Waals surface area contributed by atoms with Crippen LogP contribution in [0.15, 0.2) is 22.8 Å². The van der Waals surface area contributed by atoms with Crippen LogP contribution in [0.2, 0.25) is 0 Å². The van der Waals surface area contributed by atoms with E-state index >= 15 is 0 Å². The van der Waals surface area contributed by atoms with Crippen molar-refractivity contribution in [1.82, 2.24) is 9.55 Å². The van der Waals surface area contributed by atoms with Crippen molar-refractivity contribution in [2.75, 3.05) is 0 Å². The summed E-state index contributed by atoms with van der Waals surface area (Å²) < 4.78 is 28.7. The SMILES string of the molecule is Cn1c(CN)nc(Br)c1-c1ccc(F)cc1F. The lowest BCUT2D eigenvalue weighted by atomic mass is 10.1. The van der Waals surface area contributed by atoms with Crippen molar-refractivity contribution in [3.8, 4) is 11.3 Å². The highest BCUT2D eigenvalue weighted by Gasteiger charge is 2.17. The summed E-state index contributed by atoms with van der Waals surface area (Å²) >= 11 is 3.25. The maximum Gasteiger partial charge on any atom is 0.135 e. The van der Waals surface area contributed by atoms with Gasteiger partial charge in [-0.1, -0.05) is 0 Å². The minimum absolute atomic E-state index is 0.248. The van der Waals surface area contributed by atoms with Crippen molar-refractivity contribution in [2.45, 2.75) is 6.54 Å². The number of imidazole rings is 1. The van der Waals surface area contributed by atoms with Crippen molar-refractivity contribution >= 4 is 15.9 Å². The zero-order chi connectivity index (χ0) is 12.6. The van der Waals surface area contributed by atoms with Gasteiger partial charge in [0, 0.05) is 18.7 Å². The summed E-state index contributed by atoms with van der Waals surface area (Å²) in [6, 6.07) is 3.43. The monoisotopic (exact) mass is 301 g/mol. The maximum atomic E-state index is 13.7. The Morgan fingerprint density at radius 1 is 1.41 bits per heavy atom. The van der Waals surface area contributed by atoms with E-state index in [-0.39, 0.29) is 12.1 Å². The summed E-state index contributed by atoms with van der Waals surface area (Å²) in [4.78, 5) is 4.16. The standard InChI is InChI=1S/C11H10BrF2N3/c1-17-9(5-15)16-11(12)10(17)7-3-2-6(13)4-8(7)14/h2-4H,5,15H2,1H3. The first-order valence-corrected chi connectivity index (χ1v) is 5.70. The molecule has 0 aliphatic carbocycles. The molecule has 0 fully saturated rings. The highest BCUT2D eigenvalue weighted by atomic mass is 79.9. The van der Waals surface area contributed by atoms with Gasteiger partial charge in [-0.3, -0.25) is 0 Å². The average Bonchev–Trinajstić information content (AvgIpc) is 2.55. The highest BCUT2D eigenvalue weighted by Crippen LogP contribution is 2.30. The molecule has 0 saturated heterocycles. The minimum atomic E-state index is -0.628. The molecule has 0 amide bonds. The maximum absolute atomic E-state index is 13.7. The van der Waals surface area contributed by atoms with E-state index in [4.69, 9.17) is 5.73 Å². The molecule has 2 rings (SSSR count). The molecule has 90 valence electrons. The zero-order valence-electron chi connectivity index (χ0n) is 9.04. The number of hydrogen-bond acceptors (Lipinski definition) is 2. The van der Waals surface area contributed by atoms with E-state index in [0.29, 0.717) is 16.1 Å². The molecule has 0 bridgehead atoms. The number of halogens is 3. The third-order valence-electron chi connectivity index (χ3n) is 2.51. The third kappa shape index (κ3) is 2.10. The molecule has 1 heterocycles. The van der Waals surface area contributed by atoms with Gasteiger partial charge in [0.2, 0.25) is 0 Å². The Balaban J connectivity index is 2.64. The Kier molecular flexibility index (Phi) is 3.26. The molecule has 3 nitrogen and oxygen atoms in total. The first-order chi connectivity index (χ1) is 8.04. The lowest BCUT2D eigenvalue weighted by Crippen LogP contribution is -2.05. The lowest BCUT2D eigenvalue weighted by molar-refractivity contribution is 0.584. The largest absolute Gasteiger partial charge is 0.329 e. The fourth-order valence-electron chi connectivity index (χ4n) is 1.66. The average molecular weight is 302 g/mol. The van der Waals surface area contributed by atoms with Gasteiger partial charge >= 0.3 is 0 Å². The molecule has 6 heteroatoms. The summed E-state index contributed by atoms with van der Waals surface area (Å²) in [6.07, 6.45) is 0. The Hall–Kier alpha value is -1.27. The Bertz CT molecular complexity index is 566. The van der Waals surface area contributed by atoms with E-state index in [1.807, 2.05) is 0 Å². The molecule has 0 atom stereocenters. The number of benzene rings is 1. The molecule has 0 aliphatic rings. The Morgan fingerprint density at radius 3 is 2.65 bits per heavy atom. The van der Waals surface area contributed by atoms with E-state index in [1.54, 1.807) is 11.6 Å². The van der Waals surface area contributed by atoms with Gasteiger partial charge in [-0.05, 0) is 28.1 Å². The number of nitrogens with two attached hydrogens (primary N) is 1. The predicted molar refractivity (Wildman–Crippen MR) is 64.2 cm³/mol. The topological polar surface area (TPSA) is 43.8 Å². The van der Waals surface area contributed by atoms with E-state index in [9.17, 15) is 8.78 Å². The first kappa shape index (κ1) is 12.2. The zero-order valence-corrected chi connectivity index (χ0v) is 10.6. The second-order valence-corrected chi connectivity index (χ2v) is 4.31. The van der Waals surface area contributed by atoms with Gasteiger partial charge in [0.1, 0.15) is 22.1 Å². The molecule has 2 N–H and O–H groups in total. The summed E-state index contributed by atoms with van der Waals surface area (Å²) in [5.74, 6) is -0.614. The van der Waals surface area contributed by atoms with Crippen LogP contribution in [-0.4, -0.2) is 9.55 Å². The number of rotatable bonds is 2. The van der Waals surface area contributed by atoms with Crippen LogP contribution in [0.3, 0.4) is 0 Å². The smallest absolute Gasteiger partial charge is 0.135 e. The van der Waals surface area contributed by atoms with Gasteiger partial charge in [-0.2, -0.15) is 0 Å². The molecule has 0 spiro atoms. The van der Waals surface area contributed by atoms with Crippen molar-refractivity contribution in [3.63, 3.8) is 0 Å². The van der Waals surface area contributed by atoms with E-state index in [2.05, 4.69) is 20.9 Å². The van der Waals surface area contributed by atoms with Crippen LogP contribution in [0.4, 0.5) is 8.78 Å². The van der Waals surface area contributed by atoms with Crippen molar-refractivity contribution in [1.29, 1.82) is 0 Å². The number of aromatic nitrogens is 2. The lowest BCUT2D eigenvalue weighted by Gasteiger charge is -2.06. The van der Waals surface area contributed by atoms with E-state index in [0.717, 1.165) is 6.07 Å². The second kappa shape index (κ2) is 4.54. The van der Waals surface area contributed by atoms with E-state index < -0.39 is 11.6 Å². The molecule has 0 aliphatic heterocycles. The van der Waals surface area contributed by atoms with Crippen LogP contribution in [-0.2, 0) is 13.6 Å². The molecular formula is C11H10BrF2N3. The van der Waals surface area contributed by atoms with Gasteiger partial charge in [0.25, 0.3) is 0 Å². The van der Waals surface area contributed by atoms with Crippen molar-refractivity contribution < 1.29 is 8.78 Å². The molecule has 1 aromatic carbocycles. The molecule has 17 heavy (non-hydrogen) atoms. The minimum Gasteiger partial charge on any atom is -0.329 e. The Morgan fingerprint density at radius 2 is 2.12 bits per heavy atom. The molecule has 1 aromatic heterocycles. The van der Waals surface area contributed by atoms with Gasteiger partial charge in [-0.25, -0.2) is 13.8 Å². The number of hydrogen-bond donors (Lipinski definition) is 1. The van der Waals surface area contributed by atoms with E-state index in [1.165, 1.54) is 12.1 Å². The molecule has 2 aromatic rings. The van der Waals surface area contributed by atoms with Crippen LogP contribution < -0.4 is 5.73 Å².